The van der Waals surface area contributed by atoms with Gasteiger partial charge in [0.1, 0.15) is 12.1 Å². The summed E-state index contributed by atoms with van der Waals surface area (Å²) in [6.07, 6.45) is 8.75. The maximum atomic E-state index is 12.4. The van der Waals surface area contributed by atoms with Gasteiger partial charge in [-0.05, 0) is 36.1 Å². The molecule has 23 heavy (non-hydrogen) atoms. The van der Waals surface area contributed by atoms with Crippen molar-refractivity contribution in [3.05, 3.63) is 78.0 Å². The molecule has 2 heterocycles. The van der Waals surface area contributed by atoms with E-state index in [9.17, 15) is 4.79 Å². The highest BCUT2D eigenvalue weighted by Gasteiger charge is 2.23. The fourth-order valence-electron chi connectivity index (χ4n) is 3.02. The maximum Gasteiger partial charge on any atom is 0.253 e. The third kappa shape index (κ3) is 2.61. The van der Waals surface area contributed by atoms with Crippen molar-refractivity contribution < 1.29 is 4.79 Å². The van der Waals surface area contributed by atoms with E-state index in [0.29, 0.717) is 5.56 Å². The minimum Gasteiger partial charge on any atom is -0.345 e. The van der Waals surface area contributed by atoms with Gasteiger partial charge in [0.15, 0.2) is 0 Å². The lowest BCUT2D eigenvalue weighted by molar-refractivity contribution is 0.0936. The third-order valence-electron chi connectivity index (χ3n) is 4.22. The summed E-state index contributed by atoms with van der Waals surface area (Å²) >= 11 is 0. The Bertz CT molecular complexity index is 824. The largest absolute Gasteiger partial charge is 0.345 e. The van der Waals surface area contributed by atoms with Crippen molar-refractivity contribution in [2.45, 2.75) is 18.9 Å². The van der Waals surface area contributed by atoms with Crippen molar-refractivity contribution in [2.75, 3.05) is 0 Å². The number of rotatable bonds is 3. The van der Waals surface area contributed by atoms with Crippen LogP contribution in [0.25, 0.3) is 5.82 Å². The van der Waals surface area contributed by atoms with Crippen LogP contribution in [0.4, 0.5) is 0 Å². The Morgan fingerprint density at radius 2 is 2.13 bits per heavy atom. The Morgan fingerprint density at radius 1 is 1.22 bits per heavy atom. The number of carbonyl (C=O) groups excluding carboxylic acids is 1. The number of pyridine rings is 1. The SMILES string of the molecule is O=C(N[C@H]1CCc2ccccc21)c1ccc(-n2ccnc2)nc1. The highest BCUT2D eigenvalue weighted by atomic mass is 16.1. The minimum atomic E-state index is -0.0867. The Balaban J connectivity index is 1.50. The fourth-order valence-corrected chi connectivity index (χ4v) is 3.02. The van der Waals surface area contributed by atoms with Crippen molar-refractivity contribution in [2.24, 2.45) is 0 Å². The zero-order valence-electron chi connectivity index (χ0n) is 12.5. The highest BCUT2D eigenvalue weighted by molar-refractivity contribution is 5.94. The number of fused-ring (bicyclic) bond motifs is 1. The lowest BCUT2D eigenvalue weighted by Crippen LogP contribution is -2.27. The summed E-state index contributed by atoms with van der Waals surface area (Å²) < 4.78 is 1.80. The van der Waals surface area contributed by atoms with E-state index in [0.717, 1.165) is 18.7 Å². The second kappa shape index (κ2) is 5.68. The first-order chi connectivity index (χ1) is 11.3. The topological polar surface area (TPSA) is 59.8 Å². The van der Waals surface area contributed by atoms with Gasteiger partial charge in [-0.25, -0.2) is 9.97 Å². The standard InChI is InChI=1S/C18H16N4O/c23-18(21-16-7-5-13-3-1-2-4-15(13)16)14-6-8-17(20-11-14)22-10-9-19-12-22/h1-4,6,8-12,16H,5,7H2,(H,21,23)/t16-/m0/s1. The maximum absolute atomic E-state index is 12.4. The van der Waals surface area contributed by atoms with E-state index < -0.39 is 0 Å². The molecule has 0 unspecified atom stereocenters. The van der Waals surface area contributed by atoms with Crippen LogP contribution in [0.5, 0.6) is 0 Å². The van der Waals surface area contributed by atoms with Gasteiger partial charge in [0.05, 0.1) is 11.6 Å². The molecule has 5 heteroatoms. The molecular weight excluding hydrogens is 288 g/mol. The molecule has 114 valence electrons. The molecule has 0 saturated carbocycles. The molecule has 1 atom stereocenters. The Kier molecular flexibility index (Phi) is 3.38. The van der Waals surface area contributed by atoms with Crippen LogP contribution in [-0.2, 0) is 6.42 Å². The van der Waals surface area contributed by atoms with Crippen LogP contribution in [0.2, 0.25) is 0 Å². The molecule has 0 radical (unpaired) electrons. The summed E-state index contributed by atoms with van der Waals surface area (Å²) in [7, 11) is 0. The molecular formula is C18H16N4O. The molecule has 0 aliphatic heterocycles. The minimum absolute atomic E-state index is 0.0867. The number of nitrogens with zero attached hydrogens (tertiary/aromatic N) is 3. The lowest BCUT2D eigenvalue weighted by atomic mass is 10.1. The molecule has 1 aliphatic rings. The van der Waals surface area contributed by atoms with E-state index in [1.54, 1.807) is 29.4 Å². The van der Waals surface area contributed by atoms with Crippen molar-refractivity contribution >= 4 is 5.91 Å². The number of amides is 1. The number of aromatic nitrogens is 3. The van der Waals surface area contributed by atoms with Crippen LogP contribution >= 0.6 is 0 Å². The molecule has 4 rings (SSSR count). The van der Waals surface area contributed by atoms with Gasteiger partial charge in [0.2, 0.25) is 0 Å². The van der Waals surface area contributed by atoms with E-state index in [-0.39, 0.29) is 11.9 Å². The second-order valence-corrected chi connectivity index (χ2v) is 5.64. The molecule has 0 spiro atoms. The van der Waals surface area contributed by atoms with Crippen LogP contribution < -0.4 is 5.32 Å². The first-order valence-electron chi connectivity index (χ1n) is 7.64. The predicted molar refractivity (Wildman–Crippen MR) is 86.3 cm³/mol. The van der Waals surface area contributed by atoms with Crippen LogP contribution in [0.1, 0.15) is 33.9 Å². The van der Waals surface area contributed by atoms with E-state index >= 15 is 0 Å². The molecule has 0 saturated heterocycles. The molecule has 1 aliphatic carbocycles. The number of aryl methyl sites for hydroxylation is 1. The van der Waals surface area contributed by atoms with Crippen molar-refractivity contribution in [3.63, 3.8) is 0 Å². The van der Waals surface area contributed by atoms with Gasteiger partial charge in [0, 0.05) is 18.6 Å². The number of carbonyl (C=O) groups is 1. The van der Waals surface area contributed by atoms with Crippen molar-refractivity contribution in [3.8, 4) is 5.82 Å². The summed E-state index contributed by atoms with van der Waals surface area (Å²) in [5.74, 6) is 0.654. The number of nitrogens with one attached hydrogen (secondary N) is 1. The number of hydrogen-bond acceptors (Lipinski definition) is 3. The summed E-state index contributed by atoms with van der Waals surface area (Å²) in [5, 5.41) is 3.11. The predicted octanol–water partition coefficient (Wildman–Crippen LogP) is 2.68. The smallest absolute Gasteiger partial charge is 0.253 e. The van der Waals surface area contributed by atoms with E-state index in [1.807, 2.05) is 24.4 Å². The van der Waals surface area contributed by atoms with Gasteiger partial charge in [-0.15, -0.1) is 0 Å². The van der Waals surface area contributed by atoms with Crippen LogP contribution in [0, 0.1) is 0 Å². The summed E-state index contributed by atoms with van der Waals surface area (Å²) in [6, 6.07) is 12.0. The molecule has 1 amide bonds. The van der Waals surface area contributed by atoms with E-state index in [2.05, 4.69) is 27.4 Å². The number of benzene rings is 1. The fraction of sp³-hybridized carbons (Fsp3) is 0.167. The van der Waals surface area contributed by atoms with Crippen molar-refractivity contribution in [1.82, 2.24) is 19.9 Å². The van der Waals surface area contributed by atoms with Crippen LogP contribution in [0.15, 0.2) is 61.3 Å². The second-order valence-electron chi connectivity index (χ2n) is 5.64. The van der Waals surface area contributed by atoms with Gasteiger partial charge in [-0.1, -0.05) is 24.3 Å². The van der Waals surface area contributed by atoms with Gasteiger partial charge < -0.3 is 5.32 Å². The summed E-state index contributed by atoms with van der Waals surface area (Å²) in [5.41, 5.74) is 3.12. The lowest BCUT2D eigenvalue weighted by Gasteiger charge is -2.14. The van der Waals surface area contributed by atoms with Crippen molar-refractivity contribution in [1.29, 1.82) is 0 Å². The molecule has 5 nitrogen and oxygen atoms in total. The monoisotopic (exact) mass is 304 g/mol. The third-order valence-corrected chi connectivity index (χ3v) is 4.22. The van der Waals surface area contributed by atoms with Gasteiger partial charge in [-0.3, -0.25) is 9.36 Å². The average Bonchev–Trinajstić information content (AvgIpc) is 3.25. The number of hydrogen-bond donors (Lipinski definition) is 1. The Hall–Kier alpha value is -2.95. The highest BCUT2D eigenvalue weighted by Crippen LogP contribution is 2.30. The molecule has 3 aromatic rings. The van der Waals surface area contributed by atoms with Gasteiger partial charge in [-0.2, -0.15) is 0 Å². The Labute approximate surface area is 134 Å². The van der Waals surface area contributed by atoms with Crippen LogP contribution in [0.3, 0.4) is 0 Å². The summed E-state index contributed by atoms with van der Waals surface area (Å²) in [4.78, 5) is 20.8. The molecule has 2 aromatic heterocycles. The van der Waals surface area contributed by atoms with E-state index in [1.165, 1.54) is 11.1 Å². The average molecular weight is 304 g/mol. The molecule has 0 fully saturated rings. The van der Waals surface area contributed by atoms with E-state index in [4.69, 9.17) is 0 Å². The van der Waals surface area contributed by atoms with Gasteiger partial charge >= 0.3 is 0 Å². The first kappa shape index (κ1) is 13.7. The zero-order chi connectivity index (χ0) is 15.6. The van der Waals surface area contributed by atoms with Gasteiger partial charge in [0.25, 0.3) is 5.91 Å². The number of imidazole rings is 1. The van der Waals surface area contributed by atoms with Crippen LogP contribution in [-0.4, -0.2) is 20.4 Å². The normalized spacial score (nSPS) is 16.1. The first-order valence-corrected chi connectivity index (χ1v) is 7.64. The Morgan fingerprint density at radius 3 is 2.91 bits per heavy atom. The quantitative estimate of drug-likeness (QED) is 0.809. The molecule has 0 bridgehead atoms. The summed E-state index contributed by atoms with van der Waals surface area (Å²) in [6.45, 7) is 0. The molecule has 1 N–H and O–H groups in total. The zero-order valence-corrected chi connectivity index (χ0v) is 12.5. The molecule has 1 aromatic carbocycles.